The Morgan fingerprint density at radius 2 is 1.46 bits per heavy atom. The van der Waals surface area contributed by atoms with Gasteiger partial charge in [0.15, 0.2) is 11.5 Å². The number of methoxy groups -OCH3 is 3. The third kappa shape index (κ3) is 7.80. The molecule has 7 N–H and O–H groups in total. The van der Waals surface area contributed by atoms with E-state index in [0.29, 0.717) is 28.4 Å². The summed E-state index contributed by atoms with van der Waals surface area (Å²) >= 11 is 0. The number of carboxylic acid groups (broad SMARTS) is 2. The first kappa shape index (κ1) is 33.7. The summed E-state index contributed by atoms with van der Waals surface area (Å²) in [4.78, 5) is 23.0. The van der Waals surface area contributed by atoms with Crippen LogP contribution in [0.3, 0.4) is 0 Å². The second kappa shape index (κ2) is 13.9. The Balaban J connectivity index is 0.000000317. The molecule has 2 aromatic carbocycles. The maximum Gasteiger partial charge on any atom is 0.399 e. The lowest BCUT2D eigenvalue weighted by molar-refractivity contribution is -0.277. The molecule has 16 nitrogen and oxygen atoms in total. The molecule has 0 aliphatic carbocycles. The molecule has 0 bridgehead atoms. The summed E-state index contributed by atoms with van der Waals surface area (Å²) in [5.41, 5.74) is 0.884. The van der Waals surface area contributed by atoms with Gasteiger partial charge in [0.2, 0.25) is 12.0 Å². The van der Waals surface area contributed by atoms with Crippen LogP contribution < -0.4 is 14.2 Å². The van der Waals surface area contributed by atoms with E-state index < -0.39 is 59.7 Å². The topological polar surface area (TPSA) is 256 Å². The van der Waals surface area contributed by atoms with E-state index in [1.807, 2.05) is 0 Å². The average molecular weight is 607 g/mol. The van der Waals surface area contributed by atoms with Gasteiger partial charge in [0.05, 0.1) is 39.1 Å². The molecule has 1 aliphatic rings. The summed E-state index contributed by atoms with van der Waals surface area (Å²) in [6.07, 6.45) is -8.46. The average Bonchev–Trinajstić information content (AvgIpc) is 2.91. The summed E-state index contributed by atoms with van der Waals surface area (Å²) < 4.78 is 53.5. The van der Waals surface area contributed by atoms with E-state index in [2.05, 4.69) is 8.92 Å². The molecule has 228 valence electrons. The van der Waals surface area contributed by atoms with Gasteiger partial charge in [0, 0.05) is 0 Å². The van der Waals surface area contributed by atoms with Crippen molar-refractivity contribution in [1.82, 2.24) is 0 Å². The van der Waals surface area contributed by atoms with Crippen LogP contribution in [0.15, 0.2) is 24.3 Å². The van der Waals surface area contributed by atoms with E-state index in [1.165, 1.54) is 40.4 Å². The number of aliphatic hydroxyl groups is 4. The Morgan fingerprint density at radius 3 is 1.88 bits per heavy atom. The Morgan fingerprint density at radius 1 is 0.902 bits per heavy atom. The Bertz CT molecular complexity index is 1330. The van der Waals surface area contributed by atoms with Gasteiger partial charge in [0.25, 0.3) is 0 Å². The van der Waals surface area contributed by atoms with Crippen LogP contribution in [0.25, 0.3) is 11.1 Å². The van der Waals surface area contributed by atoms with Gasteiger partial charge in [-0.25, -0.2) is 13.8 Å². The van der Waals surface area contributed by atoms with Gasteiger partial charge < -0.3 is 49.6 Å². The summed E-state index contributed by atoms with van der Waals surface area (Å²) in [5.74, 6) is -1.29. The SMILES string of the molecule is COc1cc(-c2ccc(C(=O)O)c(C)c2C(=O)O)cc(OC)c1OC.O=S(=O)(O)O[C@@H]1O[C@H](CO)[C@@H](O)[C@H](O)[C@H]1O. The molecule has 0 amide bonds. The fourth-order valence-electron chi connectivity index (χ4n) is 3.96. The molecule has 3 rings (SSSR count). The predicted molar refractivity (Wildman–Crippen MR) is 137 cm³/mol. The number of aliphatic hydroxyl groups excluding tert-OH is 4. The maximum atomic E-state index is 11.7. The van der Waals surface area contributed by atoms with Crippen molar-refractivity contribution in [2.75, 3.05) is 27.9 Å². The van der Waals surface area contributed by atoms with Crippen LogP contribution in [0.4, 0.5) is 0 Å². The number of hydrogen-bond acceptors (Lipinski definition) is 13. The van der Waals surface area contributed by atoms with Crippen LogP contribution in [0.1, 0.15) is 26.3 Å². The first-order chi connectivity index (χ1) is 19.1. The molecule has 1 heterocycles. The molecule has 0 unspecified atom stereocenters. The molecule has 1 fully saturated rings. The third-order valence-corrected chi connectivity index (χ3v) is 6.38. The third-order valence-electron chi connectivity index (χ3n) is 5.95. The standard InChI is InChI=1S/C18H18O7.C6H12O9S/c1-9-11(17(19)20)5-6-12(15(9)18(21)22)10-7-13(23-2)16(25-4)14(8-10)24-3;7-1-2-3(8)4(9)5(10)6(14-2)15-16(11,12)13/h5-8H,1-4H3,(H,19,20)(H,21,22);2-10H,1H2,(H,11,12,13)/t;2-,3-,4+,5-,6+/m.1/s1. The van der Waals surface area contributed by atoms with Gasteiger partial charge in [-0.3, -0.25) is 4.55 Å². The van der Waals surface area contributed by atoms with Crippen LogP contribution >= 0.6 is 0 Å². The van der Waals surface area contributed by atoms with Crippen LogP contribution in [0.5, 0.6) is 17.2 Å². The summed E-state index contributed by atoms with van der Waals surface area (Å²) in [6, 6.07) is 6.06. The minimum atomic E-state index is -4.89. The number of carbonyl (C=O) groups is 2. The first-order valence-electron chi connectivity index (χ1n) is 11.5. The number of benzene rings is 2. The highest BCUT2D eigenvalue weighted by molar-refractivity contribution is 7.80. The predicted octanol–water partition coefficient (Wildman–Crippen LogP) is -0.310. The fourth-order valence-corrected chi connectivity index (χ4v) is 4.36. The molecule has 17 heteroatoms. The quantitative estimate of drug-likeness (QED) is 0.181. The van der Waals surface area contributed by atoms with Crippen molar-refractivity contribution < 1.29 is 76.3 Å². The van der Waals surface area contributed by atoms with Gasteiger partial charge in [-0.2, -0.15) is 8.42 Å². The summed E-state index contributed by atoms with van der Waals surface area (Å²) in [7, 11) is -0.509. The molecule has 1 aliphatic heterocycles. The Kier molecular flexibility index (Phi) is 11.4. The zero-order valence-electron chi connectivity index (χ0n) is 22.1. The molecule has 0 spiro atoms. The van der Waals surface area contributed by atoms with Gasteiger partial charge in [-0.05, 0) is 41.8 Å². The second-order valence-corrected chi connectivity index (χ2v) is 9.45. The first-order valence-corrected chi connectivity index (χ1v) is 12.8. The minimum absolute atomic E-state index is 0.0615. The number of aromatic carboxylic acids is 2. The summed E-state index contributed by atoms with van der Waals surface area (Å²) in [6.45, 7) is 0.741. The van der Waals surface area contributed by atoms with E-state index in [4.69, 9.17) is 23.9 Å². The molecule has 5 atom stereocenters. The highest BCUT2D eigenvalue weighted by Gasteiger charge is 2.45. The maximum absolute atomic E-state index is 11.7. The Labute approximate surface area is 233 Å². The zero-order valence-corrected chi connectivity index (χ0v) is 22.9. The molecule has 0 radical (unpaired) electrons. The highest BCUT2D eigenvalue weighted by Crippen LogP contribution is 2.42. The van der Waals surface area contributed by atoms with Crippen molar-refractivity contribution >= 4 is 22.3 Å². The van der Waals surface area contributed by atoms with E-state index in [9.17, 15) is 43.5 Å². The summed E-state index contributed by atoms with van der Waals surface area (Å²) in [5, 5.41) is 55.3. The molecule has 0 saturated carbocycles. The lowest BCUT2D eigenvalue weighted by atomic mass is 9.92. The number of hydrogen-bond donors (Lipinski definition) is 7. The molecule has 2 aromatic rings. The number of carboxylic acids is 2. The van der Waals surface area contributed by atoms with Crippen LogP contribution in [0.2, 0.25) is 0 Å². The number of ether oxygens (including phenoxy) is 4. The molecular weight excluding hydrogens is 576 g/mol. The smallest absolute Gasteiger partial charge is 0.399 e. The number of rotatable bonds is 9. The van der Waals surface area contributed by atoms with Crippen LogP contribution in [-0.2, 0) is 19.3 Å². The lowest BCUT2D eigenvalue weighted by Crippen LogP contribution is -2.59. The molecule has 1 saturated heterocycles. The van der Waals surface area contributed by atoms with E-state index in [-0.39, 0.29) is 16.7 Å². The van der Waals surface area contributed by atoms with Gasteiger partial charge >= 0.3 is 22.3 Å². The Hall–Kier alpha value is -3.55. The molecule has 41 heavy (non-hydrogen) atoms. The van der Waals surface area contributed by atoms with Crippen molar-refractivity contribution in [3.8, 4) is 28.4 Å². The van der Waals surface area contributed by atoms with Gasteiger partial charge in [-0.1, -0.05) is 6.07 Å². The second-order valence-electron chi connectivity index (χ2n) is 8.41. The van der Waals surface area contributed by atoms with Crippen molar-refractivity contribution in [2.24, 2.45) is 0 Å². The zero-order chi connectivity index (χ0) is 31.2. The van der Waals surface area contributed by atoms with Crippen molar-refractivity contribution in [3.63, 3.8) is 0 Å². The van der Waals surface area contributed by atoms with E-state index >= 15 is 0 Å². The van der Waals surface area contributed by atoms with Crippen molar-refractivity contribution in [1.29, 1.82) is 0 Å². The van der Waals surface area contributed by atoms with Crippen LogP contribution in [0, 0.1) is 6.92 Å². The molecular formula is C24H30O16S. The largest absolute Gasteiger partial charge is 0.493 e. The lowest BCUT2D eigenvalue weighted by Gasteiger charge is -2.38. The van der Waals surface area contributed by atoms with E-state index in [1.54, 1.807) is 12.1 Å². The monoisotopic (exact) mass is 606 g/mol. The molecule has 0 aromatic heterocycles. The van der Waals surface area contributed by atoms with Crippen molar-refractivity contribution in [2.45, 2.75) is 37.6 Å². The van der Waals surface area contributed by atoms with Crippen molar-refractivity contribution in [3.05, 3.63) is 41.0 Å². The van der Waals surface area contributed by atoms with E-state index in [0.717, 1.165) is 0 Å². The fraction of sp³-hybridized carbons (Fsp3) is 0.417. The van der Waals surface area contributed by atoms with Crippen LogP contribution in [-0.4, -0.2) is 114 Å². The highest BCUT2D eigenvalue weighted by atomic mass is 32.3. The normalized spacial score (nSPS) is 22.2. The minimum Gasteiger partial charge on any atom is -0.493 e. The van der Waals surface area contributed by atoms with Gasteiger partial charge in [-0.15, -0.1) is 0 Å². The van der Waals surface area contributed by atoms with Gasteiger partial charge in [0.1, 0.15) is 24.4 Å².